The largest absolute Gasteiger partial charge is 0.478 e. The van der Waals surface area contributed by atoms with E-state index in [0.29, 0.717) is 13.1 Å². The highest BCUT2D eigenvalue weighted by molar-refractivity contribution is 5.79. The molecule has 0 saturated carbocycles. The Morgan fingerprint density at radius 1 is 1.64 bits per heavy atom. The van der Waals surface area contributed by atoms with Crippen molar-refractivity contribution in [2.45, 2.75) is 25.4 Å². The number of hydrogen-bond acceptors (Lipinski definition) is 3. The maximum Gasteiger partial charge on any atom is 0.328 e. The minimum Gasteiger partial charge on any atom is -0.478 e. The molecule has 0 aromatic carbocycles. The normalized spacial score (nSPS) is 29.6. The summed E-state index contributed by atoms with van der Waals surface area (Å²) in [5.41, 5.74) is -0.616. The predicted octanol–water partition coefficient (Wildman–Crippen LogP) is 0.474. The average molecular weight is 199 g/mol. The molecule has 1 atom stereocenters. The number of carboxylic acids is 1. The number of nitrogens with zero attached hydrogens (tertiary/aromatic N) is 1. The minimum atomic E-state index is -0.922. The lowest BCUT2D eigenvalue weighted by Gasteiger charge is -2.36. The predicted molar refractivity (Wildman–Crippen MR) is 53.1 cm³/mol. The van der Waals surface area contributed by atoms with E-state index in [-0.39, 0.29) is 0 Å². The first-order chi connectivity index (χ1) is 6.49. The van der Waals surface area contributed by atoms with Gasteiger partial charge in [-0.25, -0.2) is 4.79 Å². The lowest BCUT2D eigenvalue weighted by Crippen LogP contribution is -2.45. The van der Waals surface area contributed by atoms with Gasteiger partial charge in [0, 0.05) is 19.2 Å². The van der Waals surface area contributed by atoms with Crippen molar-refractivity contribution in [3.05, 3.63) is 12.2 Å². The van der Waals surface area contributed by atoms with Crippen LogP contribution in [0.3, 0.4) is 0 Å². The van der Waals surface area contributed by atoms with Gasteiger partial charge in [-0.3, -0.25) is 4.90 Å². The molecule has 0 radical (unpaired) electrons. The molecule has 1 saturated heterocycles. The Labute approximate surface area is 83.8 Å². The van der Waals surface area contributed by atoms with E-state index >= 15 is 0 Å². The summed E-state index contributed by atoms with van der Waals surface area (Å²) >= 11 is 0. The zero-order chi connectivity index (χ0) is 10.6. The van der Waals surface area contributed by atoms with E-state index in [1.54, 1.807) is 6.08 Å². The maximum atomic E-state index is 10.2. The van der Waals surface area contributed by atoms with Crippen LogP contribution in [-0.4, -0.2) is 46.3 Å². The van der Waals surface area contributed by atoms with Crippen LogP contribution < -0.4 is 0 Å². The molecule has 1 aliphatic rings. The van der Waals surface area contributed by atoms with E-state index in [1.807, 2.05) is 6.92 Å². The van der Waals surface area contributed by atoms with E-state index in [4.69, 9.17) is 5.11 Å². The van der Waals surface area contributed by atoms with Crippen LogP contribution in [0.5, 0.6) is 0 Å². The van der Waals surface area contributed by atoms with Gasteiger partial charge in [0.1, 0.15) is 0 Å². The molecule has 0 spiro atoms. The molecule has 0 aromatic rings. The summed E-state index contributed by atoms with van der Waals surface area (Å²) in [6.45, 7) is 3.97. The Morgan fingerprint density at radius 3 is 2.93 bits per heavy atom. The topological polar surface area (TPSA) is 60.8 Å². The third-order valence-corrected chi connectivity index (χ3v) is 2.38. The zero-order valence-corrected chi connectivity index (χ0v) is 8.44. The van der Waals surface area contributed by atoms with Crippen LogP contribution in [0, 0.1) is 0 Å². The second-order valence-electron chi connectivity index (χ2n) is 4.08. The van der Waals surface area contributed by atoms with Crippen LogP contribution in [0.1, 0.15) is 19.8 Å². The number of hydrogen-bond donors (Lipinski definition) is 2. The van der Waals surface area contributed by atoms with Crippen molar-refractivity contribution < 1.29 is 15.0 Å². The van der Waals surface area contributed by atoms with E-state index in [9.17, 15) is 9.90 Å². The Balaban J connectivity index is 2.35. The maximum absolute atomic E-state index is 10.2. The number of aliphatic carboxylic acids is 1. The summed E-state index contributed by atoms with van der Waals surface area (Å²) in [5, 5.41) is 18.2. The van der Waals surface area contributed by atoms with Crippen molar-refractivity contribution in [2.24, 2.45) is 0 Å². The second-order valence-corrected chi connectivity index (χ2v) is 4.08. The van der Waals surface area contributed by atoms with Gasteiger partial charge in [0.05, 0.1) is 5.60 Å². The molecular weight excluding hydrogens is 182 g/mol. The average Bonchev–Trinajstić information content (AvgIpc) is 2.01. The third kappa shape index (κ3) is 3.89. The number of aliphatic hydroxyl groups is 1. The molecule has 4 heteroatoms. The van der Waals surface area contributed by atoms with Crippen molar-refractivity contribution in [3.8, 4) is 0 Å². The van der Waals surface area contributed by atoms with Crippen LogP contribution in [0.15, 0.2) is 12.2 Å². The highest BCUT2D eigenvalue weighted by atomic mass is 16.4. The summed E-state index contributed by atoms with van der Waals surface area (Å²) < 4.78 is 0. The molecule has 14 heavy (non-hydrogen) atoms. The number of piperidine rings is 1. The van der Waals surface area contributed by atoms with Crippen molar-refractivity contribution >= 4 is 5.97 Å². The van der Waals surface area contributed by atoms with E-state index in [1.165, 1.54) is 0 Å². The Hall–Kier alpha value is -0.870. The fraction of sp³-hybridized carbons (Fsp3) is 0.700. The first-order valence-corrected chi connectivity index (χ1v) is 4.84. The molecule has 0 bridgehead atoms. The molecule has 0 aliphatic carbocycles. The van der Waals surface area contributed by atoms with Crippen molar-refractivity contribution in [2.75, 3.05) is 19.6 Å². The van der Waals surface area contributed by atoms with E-state index in [2.05, 4.69) is 4.90 Å². The van der Waals surface area contributed by atoms with Crippen molar-refractivity contribution in [1.82, 2.24) is 4.90 Å². The number of β-amino-alcohol motifs (C(OH)–C–C–N with tert-alkyl or cyclic N) is 1. The van der Waals surface area contributed by atoms with E-state index < -0.39 is 11.6 Å². The van der Waals surface area contributed by atoms with Crippen LogP contribution in [0.4, 0.5) is 0 Å². The molecule has 0 amide bonds. The van der Waals surface area contributed by atoms with Gasteiger partial charge in [0.15, 0.2) is 0 Å². The molecule has 2 N–H and O–H groups in total. The van der Waals surface area contributed by atoms with Gasteiger partial charge in [-0.15, -0.1) is 0 Å². The Kier molecular flexibility index (Phi) is 3.66. The molecule has 1 unspecified atom stereocenters. The highest BCUT2D eigenvalue weighted by Gasteiger charge is 2.27. The second kappa shape index (κ2) is 4.57. The van der Waals surface area contributed by atoms with Crippen LogP contribution in [0.2, 0.25) is 0 Å². The van der Waals surface area contributed by atoms with Crippen molar-refractivity contribution in [1.29, 1.82) is 0 Å². The monoisotopic (exact) mass is 199 g/mol. The van der Waals surface area contributed by atoms with Gasteiger partial charge in [0.25, 0.3) is 0 Å². The SMILES string of the molecule is CC1(O)CCCN(CC=CC(=O)O)C1. The molecule has 0 aromatic heterocycles. The summed E-state index contributed by atoms with van der Waals surface area (Å²) in [6, 6.07) is 0. The molecule has 1 heterocycles. The highest BCUT2D eigenvalue weighted by Crippen LogP contribution is 2.19. The first kappa shape index (κ1) is 11.2. The number of carboxylic acid groups (broad SMARTS) is 1. The van der Waals surface area contributed by atoms with Gasteiger partial charge >= 0.3 is 5.97 Å². The summed E-state index contributed by atoms with van der Waals surface area (Å²) in [4.78, 5) is 12.3. The van der Waals surface area contributed by atoms with Gasteiger partial charge in [-0.05, 0) is 26.3 Å². The third-order valence-electron chi connectivity index (χ3n) is 2.38. The summed E-state index contributed by atoms with van der Waals surface area (Å²) in [6.07, 6.45) is 4.55. The molecule has 1 aliphatic heterocycles. The zero-order valence-electron chi connectivity index (χ0n) is 8.44. The van der Waals surface area contributed by atoms with Gasteiger partial charge in [-0.2, -0.15) is 0 Å². The van der Waals surface area contributed by atoms with Gasteiger partial charge in [0.2, 0.25) is 0 Å². The summed E-state index contributed by atoms with van der Waals surface area (Å²) in [5.74, 6) is -0.922. The Morgan fingerprint density at radius 2 is 2.36 bits per heavy atom. The minimum absolute atomic E-state index is 0.600. The molecular formula is C10H17NO3. The molecule has 4 nitrogen and oxygen atoms in total. The van der Waals surface area contributed by atoms with E-state index in [0.717, 1.165) is 25.5 Å². The first-order valence-electron chi connectivity index (χ1n) is 4.84. The smallest absolute Gasteiger partial charge is 0.328 e. The fourth-order valence-electron chi connectivity index (χ4n) is 1.78. The summed E-state index contributed by atoms with van der Waals surface area (Å²) in [7, 11) is 0. The van der Waals surface area contributed by atoms with Gasteiger partial charge < -0.3 is 10.2 Å². The van der Waals surface area contributed by atoms with Gasteiger partial charge in [-0.1, -0.05) is 6.08 Å². The molecule has 1 fully saturated rings. The Bertz CT molecular complexity index is 236. The van der Waals surface area contributed by atoms with Crippen LogP contribution in [-0.2, 0) is 4.79 Å². The number of carbonyl (C=O) groups is 1. The van der Waals surface area contributed by atoms with Crippen molar-refractivity contribution in [3.63, 3.8) is 0 Å². The molecule has 80 valence electrons. The standard InChI is InChI=1S/C10H17NO3/c1-10(14)5-3-7-11(8-10)6-2-4-9(12)13/h2,4,14H,3,5-8H2,1H3,(H,12,13). The fourth-order valence-corrected chi connectivity index (χ4v) is 1.78. The lowest BCUT2D eigenvalue weighted by molar-refractivity contribution is -0.131. The quantitative estimate of drug-likeness (QED) is 0.649. The van der Waals surface area contributed by atoms with Crippen LogP contribution >= 0.6 is 0 Å². The lowest BCUT2D eigenvalue weighted by atomic mass is 9.95. The molecule has 1 rings (SSSR count). The number of rotatable bonds is 3. The van der Waals surface area contributed by atoms with Crippen LogP contribution in [0.25, 0.3) is 0 Å². The number of likely N-dealkylation sites (tertiary alicyclic amines) is 1.